The predicted molar refractivity (Wildman–Crippen MR) is 136 cm³/mol. The average Bonchev–Trinajstić information content (AvgIpc) is 2.81. The zero-order chi connectivity index (χ0) is 23.7. The number of rotatable bonds is 8. The van der Waals surface area contributed by atoms with E-state index in [1.165, 1.54) is 23.5 Å². The molecule has 2 saturated heterocycles. The first-order chi connectivity index (χ1) is 15.8. The SMILES string of the molecule is CC(C)(C)OC(=O)N1CCN(CCCNC(=O)COc2ccc(C3SCCCS3)cc2)CC1. The van der Waals surface area contributed by atoms with E-state index < -0.39 is 5.60 Å². The predicted octanol–water partition coefficient (Wildman–Crippen LogP) is 3.99. The number of benzene rings is 1. The summed E-state index contributed by atoms with van der Waals surface area (Å²) in [6.07, 6.45) is 1.91. The minimum Gasteiger partial charge on any atom is -0.484 e. The van der Waals surface area contributed by atoms with Gasteiger partial charge < -0.3 is 19.7 Å². The Hall–Kier alpha value is -1.58. The van der Waals surface area contributed by atoms with Gasteiger partial charge in [-0.1, -0.05) is 12.1 Å². The minimum absolute atomic E-state index is 0.0286. The molecule has 0 atom stereocenters. The highest BCUT2D eigenvalue weighted by Gasteiger charge is 2.25. The molecule has 2 aliphatic rings. The lowest BCUT2D eigenvalue weighted by atomic mass is 10.2. The fourth-order valence-corrected chi connectivity index (χ4v) is 6.51. The van der Waals surface area contributed by atoms with Gasteiger partial charge in [0.05, 0.1) is 4.58 Å². The number of carbonyl (C=O) groups is 2. The van der Waals surface area contributed by atoms with Crippen LogP contribution in [0.4, 0.5) is 4.79 Å². The molecule has 0 bridgehead atoms. The Labute approximate surface area is 206 Å². The van der Waals surface area contributed by atoms with Crippen LogP contribution in [0.2, 0.25) is 0 Å². The summed E-state index contributed by atoms with van der Waals surface area (Å²) in [7, 11) is 0. The Balaban J connectivity index is 1.25. The first kappa shape index (κ1) is 26.0. The molecule has 0 unspecified atom stereocenters. The summed E-state index contributed by atoms with van der Waals surface area (Å²) < 4.78 is 11.6. The summed E-state index contributed by atoms with van der Waals surface area (Å²) in [5.41, 5.74) is 0.848. The maximum absolute atomic E-state index is 12.1. The molecule has 2 amide bonds. The van der Waals surface area contributed by atoms with Gasteiger partial charge in [0.2, 0.25) is 0 Å². The van der Waals surface area contributed by atoms with Crippen LogP contribution in [-0.2, 0) is 9.53 Å². The van der Waals surface area contributed by atoms with Crippen LogP contribution in [-0.4, -0.2) is 84.8 Å². The number of hydrogen-bond acceptors (Lipinski definition) is 7. The lowest BCUT2D eigenvalue weighted by molar-refractivity contribution is -0.123. The molecule has 0 spiro atoms. The molecule has 1 N–H and O–H groups in total. The molecular weight excluding hydrogens is 458 g/mol. The maximum atomic E-state index is 12.1. The van der Waals surface area contributed by atoms with Crippen molar-refractivity contribution in [1.29, 1.82) is 0 Å². The molecule has 0 aliphatic carbocycles. The number of ether oxygens (including phenoxy) is 2. The summed E-state index contributed by atoms with van der Waals surface area (Å²) in [4.78, 5) is 28.3. The van der Waals surface area contributed by atoms with Gasteiger partial charge in [-0.3, -0.25) is 9.69 Å². The Kier molecular flexibility index (Phi) is 10.1. The van der Waals surface area contributed by atoms with Gasteiger partial charge >= 0.3 is 6.09 Å². The number of thioether (sulfide) groups is 2. The summed E-state index contributed by atoms with van der Waals surface area (Å²) >= 11 is 3.99. The molecule has 0 radical (unpaired) electrons. The fourth-order valence-electron chi connectivity index (χ4n) is 3.61. The van der Waals surface area contributed by atoms with Crippen LogP contribution in [0, 0.1) is 0 Å². The van der Waals surface area contributed by atoms with Crippen molar-refractivity contribution in [3.8, 4) is 5.75 Å². The van der Waals surface area contributed by atoms with Gasteiger partial charge in [-0.15, -0.1) is 23.5 Å². The molecule has 1 aromatic rings. The number of piperazine rings is 1. The van der Waals surface area contributed by atoms with Crippen LogP contribution < -0.4 is 10.1 Å². The number of nitrogens with one attached hydrogen (secondary N) is 1. The zero-order valence-corrected chi connectivity index (χ0v) is 21.6. The van der Waals surface area contributed by atoms with Crippen molar-refractivity contribution < 1.29 is 19.1 Å². The summed E-state index contributed by atoms with van der Waals surface area (Å²) in [6, 6.07) is 8.11. The Bertz CT molecular complexity index is 756. The van der Waals surface area contributed by atoms with Crippen molar-refractivity contribution >= 4 is 35.5 Å². The van der Waals surface area contributed by atoms with E-state index in [0.29, 0.717) is 24.2 Å². The van der Waals surface area contributed by atoms with Crippen LogP contribution in [0.3, 0.4) is 0 Å². The zero-order valence-electron chi connectivity index (χ0n) is 20.0. The number of carbonyl (C=O) groups excluding carboxylic acids is 2. The van der Waals surface area contributed by atoms with Crippen LogP contribution >= 0.6 is 23.5 Å². The second-order valence-corrected chi connectivity index (χ2v) is 12.0. The van der Waals surface area contributed by atoms with Crippen molar-refractivity contribution in [2.24, 2.45) is 0 Å². The third-order valence-corrected chi connectivity index (χ3v) is 8.36. The third kappa shape index (κ3) is 9.29. The van der Waals surface area contributed by atoms with E-state index in [4.69, 9.17) is 9.47 Å². The first-order valence-electron chi connectivity index (χ1n) is 11.7. The molecule has 2 heterocycles. The molecular formula is C24H37N3O4S2. The lowest BCUT2D eigenvalue weighted by Crippen LogP contribution is -2.50. The van der Waals surface area contributed by atoms with Gasteiger partial charge in [-0.2, -0.15) is 0 Å². The molecule has 2 fully saturated rings. The minimum atomic E-state index is -0.465. The molecule has 0 saturated carbocycles. The lowest BCUT2D eigenvalue weighted by Gasteiger charge is -2.35. The molecule has 184 valence electrons. The van der Waals surface area contributed by atoms with Crippen LogP contribution in [0.1, 0.15) is 43.8 Å². The second-order valence-electron chi connectivity index (χ2n) is 9.30. The van der Waals surface area contributed by atoms with Crippen LogP contribution in [0.15, 0.2) is 24.3 Å². The van der Waals surface area contributed by atoms with Crippen LogP contribution in [0.5, 0.6) is 5.75 Å². The van der Waals surface area contributed by atoms with Gasteiger partial charge in [-0.25, -0.2) is 4.79 Å². The van der Waals surface area contributed by atoms with Crippen molar-refractivity contribution in [1.82, 2.24) is 15.1 Å². The number of hydrogen-bond donors (Lipinski definition) is 1. The monoisotopic (exact) mass is 495 g/mol. The fraction of sp³-hybridized carbons (Fsp3) is 0.667. The average molecular weight is 496 g/mol. The molecule has 7 nitrogen and oxygen atoms in total. The maximum Gasteiger partial charge on any atom is 0.410 e. The largest absolute Gasteiger partial charge is 0.484 e. The van der Waals surface area contributed by atoms with Gasteiger partial charge in [0.1, 0.15) is 11.4 Å². The quantitative estimate of drug-likeness (QED) is 0.547. The highest BCUT2D eigenvalue weighted by molar-refractivity contribution is 8.16. The first-order valence-corrected chi connectivity index (χ1v) is 13.8. The van der Waals surface area contributed by atoms with Gasteiger partial charge in [0.15, 0.2) is 6.61 Å². The smallest absolute Gasteiger partial charge is 0.410 e. The van der Waals surface area contributed by atoms with E-state index in [2.05, 4.69) is 22.3 Å². The van der Waals surface area contributed by atoms with Gasteiger partial charge in [0, 0.05) is 32.7 Å². The van der Waals surface area contributed by atoms with Gasteiger partial charge in [-0.05, 0) is 69.4 Å². The normalized spacial score (nSPS) is 18.1. The van der Waals surface area contributed by atoms with E-state index in [0.717, 1.165) is 31.8 Å². The van der Waals surface area contributed by atoms with Crippen LogP contribution in [0.25, 0.3) is 0 Å². The number of amides is 2. The summed E-state index contributed by atoms with van der Waals surface area (Å²) in [5, 5.41) is 2.93. The Morgan fingerprint density at radius 2 is 1.73 bits per heavy atom. The second kappa shape index (κ2) is 12.8. The highest BCUT2D eigenvalue weighted by Crippen LogP contribution is 2.43. The Morgan fingerprint density at radius 3 is 2.36 bits per heavy atom. The number of nitrogens with zero attached hydrogens (tertiary/aromatic N) is 2. The van der Waals surface area contributed by atoms with E-state index in [9.17, 15) is 9.59 Å². The van der Waals surface area contributed by atoms with Crippen molar-refractivity contribution in [2.45, 2.75) is 43.8 Å². The van der Waals surface area contributed by atoms with Crippen molar-refractivity contribution in [3.63, 3.8) is 0 Å². The third-order valence-electron chi connectivity index (χ3n) is 5.35. The molecule has 3 rings (SSSR count). The highest BCUT2D eigenvalue weighted by atomic mass is 32.2. The molecule has 0 aromatic heterocycles. The summed E-state index contributed by atoms with van der Waals surface area (Å²) in [5.74, 6) is 3.06. The van der Waals surface area contributed by atoms with E-state index >= 15 is 0 Å². The summed E-state index contributed by atoms with van der Waals surface area (Å²) in [6.45, 7) is 10.2. The van der Waals surface area contributed by atoms with E-state index in [1.54, 1.807) is 4.90 Å². The molecule has 2 aliphatic heterocycles. The van der Waals surface area contributed by atoms with Crippen molar-refractivity contribution in [2.75, 3.05) is 57.4 Å². The topological polar surface area (TPSA) is 71.1 Å². The standard InChI is InChI=1S/C24H37N3O4S2/c1-24(2,3)31-23(29)27-14-12-26(13-15-27)11-4-10-25-21(28)18-30-20-8-6-19(7-9-20)22-32-16-5-17-33-22/h6-9,22H,4-5,10-18H2,1-3H3,(H,25,28). The van der Waals surface area contributed by atoms with E-state index in [-0.39, 0.29) is 18.6 Å². The molecule has 33 heavy (non-hydrogen) atoms. The molecule has 9 heteroatoms. The van der Waals surface area contributed by atoms with Crippen molar-refractivity contribution in [3.05, 3.63) is 29.8 Å². The van der Waals surface area contributed by atoms with Gasteiger partial charge in [0.25, 0.3) is 5.91 Å². The van der Waals surface area contributed by atoms with E-state index in [1.807, 2.05) is 56.4 Å². The Morgan fingerprint density at radius 1 is 1.06 bits per heavy atom. The molecule has 1 aromatic carbocycles.